The van der Waals surface area contributed by atoms with E-state index in [9.17, 15) is 9.59 Å². The molecule has 1 fully saturated rings. The number of amides is 2. The van der Waals surface area contributed by atoms with E-state index in [4.69, 9.17) is 0 Å². The van der Waals surface area contributed by atoms with Crippen LogP contribution in [0.3, 0.4) is 0 Å². The number of hydrogen-bond acceptors (Lipinski definition) is 5. The molecule has 0 spiro atoms. The lowest BCUT2D eigenvalue weighted by molar-refractivity contribution is -0.134. The van der Waals surface area contributed by atoms with Crippen molar-refractivity contribution in [3.05, 3.63) is 42.5 Å². The summed E-state index contributed by atoms with van der Waals surface area (Å²) < 4.78 is 1.89. The van der Waals surface area contributed by atoms with Crippen LogP contribution in [0, 0.1) is 0 Å². The van der Waals surface area contributed by atoms with Gasteiger partial charge in [0, 0.05) is 51.0 Å². The van der Waals surface area contributed by atoms with Gasteiger partial charge in [0.05, 0.1) is 12.5 Å². The van der Waals surface area contributed by atoms with Crippen molar-refractivity contribution in [2.24, 2.45) is 0 Å². The second kappa shape index (κ2) is 7.22. The van der Waals surface area contributed by atoms with Crippen molar-refractivity contribution >= 4 is 11.8 Å². The lowest BCUT2D eigenvalue weighted by Crippen LogP contribution is -2.56. The smallest absolute Gasteiger partial charge is 0.237 e. The molecule has 8 nitrogen and oxygen atoms in total. The summed E-state index contributed by atoms with van der Waals surface area (Å²) in [6.45, 7) is 1.81. The standard InChI is InChI=1S/C16H20N6O2/c1-17-14(23)10-13-15(24)18-7-9-21(13)11-12-4-2-8-22(12)16-19-5-3-6-20-16/h2-6,8,13H,7,9-11H2,1H3,(H,17,23)(H,18,24)/t13-/m0/s1. The van der Waals surface area contributed by atoms with Crippen molar-refractivity contribution in [2.45, 2.75) is 19.0 Å². The summed E-state index contributed by atoms with van der Waals surface area (Å²) >= 11 is 0. The van der Waals surface area contributed by atoms with Crippen molar-refractivity contribution in [3.63, 3.8) is 0 Å². The Balaban J connectivity index is 1.80. The lowest BCUT2D eigenvalue weighted by Gasteiger charge is -2.34. The van der Waals surface area contributed by atoms with E-state index < -0.39 is 6.04 Å². The van der Waals surface area contributed by atoms with Crippen LogP contribution in [0.15, 0.2) is 36.8 Å². The first-order valence-electron chi connectivity index (χ1n) is 7.85. The van der Waals surface area contributed by atoms with Crippen LogP contribution in [0.2, 0.25) is 0 Å². The van der Waals surface area contributed by atoms with E-state index in [0.717, 1.165) is 5.69 Å². The maximum Gasteiger partial charge on any atom is 0.237 e. The second-order valence-electron chi connectivity index (χ2n) is 5.57. The molecule has 2 aromatic heterocycles. The molecule has 2 aromatic rings. The number of carbonyl (C=O) groups is 2. The fraction of sp³-hybridized carbons (Fsp3) is 0.375. The van der Waals surface area contributed by atoms with Gasteiger partial charge in [0.2, 0.25) is 17.8 Å². The quantitative estimate of drug-likeness (QED) is 0.786. The van der Waals surface area contributed by atoms with Gasteiger partial charge in [0.15, 0.2) is 0 Å². The molecule has 0 aliphatic carbocycles. The first-order chi connectivity index (χ1) is 11.7. The summed E-state index contributed by atoms with van der Waals surface area (Å²) in [5.41, 5.74) is 0.970. The molecule has 0 bridgehead atoms. The average molecular weight is 328 g/mol. The predicted molar refractivity (Wildman–Crippen MR) is 87.3 cm³/mol. The number of rotatable bonds is 5. The first kappa shape index (κ1) is 16.1. The van der Waals surface area contributed by atoms with Gasteiger partial charge in [-0.25, -0.2) is 9.97 Å². The molecule has 0 saturated carbocycles. The summed E-state index contributed by atoms with van der Waals surface area (Å²) in [5, 5.41) is 5.40. The Kier molecular flexibility index (Phi) is 4.85. The molecule has 1 aliphatic heterocycles. The van der Waals surface area contributed by atoms with Gasteiger partial charge in [0.25, 0.3) is 0 Å². The van der Waals surface area contributed by atoms with Gasteiger partial charge in [0.1, 0.15) is 0 Å². The van der Waals surface area contributed by atoms with E-state index in [2.05, 4.69) is 20.6 Å². The molecule has 2 amide bonds. The van der Waals surface area contributed by atoms with Crippen LogP contribution in [0.25, 0.3) is 5.95 Å². The van der Waals surface area contributed by atoms with Gasteiger partial charge in [-0.15, -0.1) is 0 Å². The Morgan fingerprint density at radius 3 is 2.92 bits per heavy atom. The van der Waals surface area contributed by atoms with Crippen LogP contribution in [-0.2, 0) is 16.1 Å². The monoisotopic (exact) mass is 328 g/mol. The van der Waals surface area contributed by atoms with Crippen LogP contribution < -0.4 is 10.6 Å². The van der Waals surface area contributed by atoms with Gasteiger partial charge in [-0.1, -0.05) is 0 Å². The van der Waals surface area contributed by atoms with Crippen molar-refractivity contribution in [2.75, 3.05) is 20.1 Å². The van der Waals surface area contributed by atoms with Gasteiger partial charge < -0.3 is 10.6 Å². The normalized spacial score (nSPS) is 18.2. The Morgan fingerprint density at radius 1 is 1.38 bits per heavy atom. The maximum absolute atomic E-state index is 12.2. The van der Waals surface area contributed by atoms with E-state index in [1.807, 2.05) is 27.8 Å². The van der Waals surface area contributed by atoms with Crippen LogP contribution in [0.1, 0.15) is 12.1 Å². The molecule has 1 atom stereocenters. The molecule has 0 unspecified atom stereocenters. The summed E-state index contributed by atoms with van der Waals surface area (Å²) in [5.74, 6) is 0.324. The molecule has 2 N–H and O–H groups in total. The molecule has 126 valence electrons. The Bertz CT molecular complexity index is 714. The molecule has 0 aromatic carbocycles. The fourth-order valence-electron chi connectivity index (χ4n) is 2.81. The van der Waals surface area contributed by atoms with Crippen molar-refractivity contribution in [1.82, 2.24) is 30.1 Å². The molecular formula is C16H20N6O2. The third kappa shape index (κ3) is 3.43. The summed E-state index contributed by atoms with van der Waals surface area (Å²) in [4.78, 5) is 34.4. The highest BCUT2D eigenvalue weighted by molar-refractivity contribution is 5.88. The molecule has 1 aliphatic rings. The summed E-state index contributed by atoms with van der Waals surface area (Å²) in [6.07, 6.45) is 5.41. The highest BCUT2D eigenvalue weighted by atomic mass is 16.2. The molecule has 3 heterocycles. The third-order valence-electron chi connectivity index (χ3n) is 4.07. The van der Waals surface area contributed by atoms with Crippen LogP contribution >= 0.6 is 0 Å². The van der Waals surface area contributed by atoms with Crippen LogP contribution in [-0.4, -0.2) is 57.4 Å². The minimum Gasteiger partial charge on any atom is -0.359 e. The zero-order valence-corrected chi connectivity index (χ0v) is 13.5. The third-order valence-corrected chi connectivity index (χ3v) is 4.07. The fourth-order valence-corrected chi connectivity index (χ4v) is 2.81. The summed E-state index contributed by atoms with van der Waals surface area (Å²) in [6, 6.07) is 5.18. The van der Waals surface area contributed by atoms with Crippen molar-refractivity contribution in [3.8, 4) is 5.95 Å². The number of piperazine rings is 1. The van der Waals surface area contributed by atoms with Crippen molar-refractivity contribution < 1.29 is 9.59 Å². The Hall–Kier alpha value is -2.74. The first-order valence-corrected chi connectivity index (χ1v) is 7.85. The van der Waals surface area contributed by atoms with Gasteiger partial charge in [-0.05, 0) is 18.2 Å². The van der Waals surface area contributed by atoms with E-state index in [0.29, 0.717) is 25.6 Å². The van der Waals surface area contributed by atoms with E-state index in [1.165, 1.54) is 0 Å². The zero-order chi connectivity index (χ0) is 16.9. The van der Waals surface area contributed by atoms with E-state index in [1.54, 1.807) is 25.5 Å². The number of aromatic nitrogens is 3. The second-order valence-corrected chi connectivity index (χ2v) is 5.57. The zero-order valence-electron chi connectivity index (χ0n) is 13.5. The van der Waals surface area contributed by atoms with Gasteiger partial charge in [-0.2, -0.15) is 0 Å². The van der Waals surface area contributed by atoms with E-state index in [-0.39, 0.29) is 18.2 Å². The SMILES string of the molecule is CNC(=O)C[C@H]1C(=O)NCCN1Cc1cccn1-c1ncccn1. The lowest BCUT2D eigenvalue weighted by atomic mass is 10.1. The maximum atomic E-state index is 12.2. The highest BCUT2D eigenvalue weighted by Gasteiger charge is 2.31. The van der Waals surface area contributed by atoms with Crippen LogP contribution in [0.4, 0.5) is 0 Å². The Morgan fingerprint density at radius 2 is 2.17 bits per heavy atom. The van der Waals surface area contributed by atoms with E-state index >= 15 is 0 Å². The number of carbonyl (C=O) groups excluding carboxylic acids is 2. The largest absolute Gasteiger partial charge is 0.359 e. The topological polar surface area (TPSA) is 92.2 Å². The highest BCUT2D eigenvalue weighted by Crippen LogP contribution is 2.16. The molecule has 0 radical (unpaired) electrons. The average Bonchev–Trinajstić information content (AvgIpc) is 3.06. The Labute approximate surface area is 139 Å². The van der Waals surface area contributed by atoms with Crippen molar-refractivity contribution in [1.29, 1.82) is 0 Å². The minimum atomic E-state index is -0.473. The number of hydrogen-bond donors (Lipinski definition) is 2. The molecule has 1 saturated heterocycles. The van der Waals surface area contributed by atoms with Gasteiger partial charge in [-0.3, -0.25) is 19.1 Å². The van der Waals surface area contributed by atoms with Gasteiger partial charge >= 0.3 is 0 Å². The number of nitrogens with one attached hydrogen (secondary N) is 2. The molecular weight excluding hydrogens is 308 g/mol. The minimum absolute atomic E-state index is 0.112. The summed E-state index contributed by atoms with van der Waals surface area (Å²) in [7, 11) is 1.57. The molecule has 8 heteroatoms. The molecule has 3 rings (SSSR count). The predicted octanol–water partition coefficient (Wildman–Crippen LogP) is -0.296. The molecule has 24 heavy (non-hydrogen) atoms. The number of nitrogens with zero attached hydrogens (tertiary/aromatic N) is 4. The van der Waals surface area contributed by atoms with Crippen LogP contribution in [0.5, 0.6) is 0 Å².